The summed E-state index contributed by atoms with van der Waals surface area (Å²) in [5, 5.41) is 10.9. The molecule has 3 aromatic rings. The molecule has 0 radical (unpaired) electrons. The van der Waals surface area contributed by atoms with Gasteiger partial charge < -0.3 is 9.67 Å². The Labute approximate surface area is 200 Å². The zero-order valence-corrected chi connectivity index (χ0v) is 21.3. The minimum absolute atomic E-state index is 0.0237. The van der Waals surface area contributed by atoms with Gasteiger partial charge in [0.2, 0.25) is 0 Å². The van der Waals surface area contributed by atoms with Gasteiger partial charge in [-0.1, -0.05) is 44.2 Å². The fourth-order valence-corrected chi connectivity index (χ4v) is 4.74. The first-order valence-corrected chi connectivity index (χ1v) is 13.1. The number of amides is 1. The molecule has 182 valence electrons. The van der Waals surface area contributed by atoms with Crippen LogP contribution in [0.5, 0.6) is 0 Å². The number of carbonyl (C=O) groups is 1. The highest BCUT2D eigenvalue weighted by molar-refractivity contribution is 7.90. The number of hydrogen-bond acceptors (Lipinski definition) is 4. The Morgan fingerprint density at radius 2 is 1.68 bits per heavy atom. The maximum absolute atomic E-state index is 13.7. The van der Waals surface area contributed by atoms with Gasteiger partial charge in [0.05, 0.1) is 11.4 Å². The third-order valence-electron chi connectivity index (χ3n) is 5.74. The van der Waals surface area contributed by atoms with E-state index < -0.39 is 21.5 Å². The third kappa shape index (κ3) is 5.17. The van der Waals surface area contributed by atoms with E-state index in [1.54, 1.807) is 31.4 Å². The molecule has 0 saturated heterocycles. The van der Waals surface area contributed by atoms with Crippen molar-refractivity contribution in [1.82, 2.24) is 9.47 Å². The lowest BCUT2D eigenvalue weighted by atomic mass is 9.95. The van der Waals surface area contributed by atoms with Gasteiger partial charge in [-0.2, -0.15) is 0 Å². The molecule has 8 heteroatoms. The molecule has 1 amide bonds. The van der Waals surface area contributed by atoms with Crippen molar-refractivity contribution in [2.75, 3.05) is 6.26 Å². The molecular formula is C26H32N2O5S. The molecule has 1 heterocycles. The molecule has 7 nitrogen and oxygen atoms in total. The van der Waals surface area contributed by atoms with Crippen molar-refractivity contribution in [1.29, 1.82) is 0 Å². The van der Waals surface area contributed by atoms with Crippen LogP contribution in [-0.4, -0.2) is 40.9 Å². The molecular weight excluding hydrogens is 452 g/mol. The first-order valence-electron chi connectivity index (χ1n) is 11.2. The molecule has 34 heavy (non-hydrogen) atoms. The summed E-state index contributed by atoms with van der Waals surface area (Å²) in [4.78, 5) is 27.3. The smallest absolute Gasteiger partial charge is 0.408 e. The van der Waals surface area contributed by atoms with Crippen molar-refractivity contribution >= 4 is 26.7 Å². The van der Waals surface area contributed by atoms with Gasteiger partial charge >= 0.3 is 6.09 Å². The molecule has 1 aromatic heterocycles. The van der Waals surface area contributed by atoms with Gasteiger partial charge in [0.15, 0.2) is 9.84 Å². The Morgan fingerprint density at radius 1 is 1.06 bits per heavy atom. The van der Waals surface area contributed by atoms with E-state index in [-0.39, 0.29) is 22.9 Å². The fraction of sp³-hybridized carbons (Fsp3) is 0.385. The van der Waals surface area contributed by atoms with Crippen LogP contribution in [0.15, 0.2) is 58.2 Å². The fourth-order valence-electron chi connectivity index (χ4n) is 4.10. The molecule has 0 atom stereocenters. The molecule has 0 aliphatic heterocycles. The second-order valence-corrected chi connectivity index (χ2v) is 12.0. The lowest BCUT2D eigenvalue weighted by molar-refractivity contribution is 0.0937. The topological polar surface area (TPSA) is 96.7 Å². The van der Waals surface area contributed by atoms with Crippen molar-refractivity contribution in [3.63, 3.8) is 0 Å². The van der Waals surface area contributed by atoms with Crippen molar-refractivity contribution < 1.29 is 18.3 Å². The lowest BCUT2D eigenvalue weighted by Crippen LogP contribution is -2.45. The average Bonchev–Trinajstić information content (AvgIpc) is 2.72. The molecule has 0 unspecified atom stereocenters. The quantitative estimate of drug-likeness (QED) is 0.531. The highest BCUT2D eigenvalue weighted by atomic mass is 32.2. The first-order chi connectivity index (χ1) is 15.7. The summed E-state index contributed by atoms with van der Waals surface area (Å²) >= 11 is 0. The van der Waals surface area contributed by atoms with E-state index in [2.05, 4.69) is 0 Å². The monoisotopic (exact) mass is 484 g/mol. The second-order valence-electron chi connectivity index (χ2n) is 10.0. The summed E-state index contributed by atoms with van der Waals surface area (Å²) < 4.78 is 26.3. The van der Waals surface area contributed by atoms with Crippen LogP contribution in [0.4, 0.5) is 4.79 Å². The summed E-state index contributed by atoms with van der Waals surface area (Å²) in [7, 11) is -3.52. The van der Waals surface area contributed by atoms with Gasteiger partial charge in [-0.25, -0.2) is 13.2 Å². The predicted molar refractivity (Wildman–Crippen MR) is 135 cm³/mol. The van der Waals surface area contributed by atoms with Crippen LogP contribution in [-0.2, 0) is 22.9 Å². The number of fused-ring (bicyclic) bond motifs is 1. The zero-order valence-electron chi connectivity index (χ0n) is 20.5. The average molecular weight is 485 g/mol. The van der Waals surface area contributed by atoms with Crippen molar-refractivity contribution in [2.24, 2.45) is 5.92 Å². The number of benzene rings is 2. The first kappa shape index (κ1) is 25.5. The van der Waals surface area contributed by atoms with Crippen LogP contribution in [0.1, 0.15) is 40.3 Å². The highest BCUT2D eigenvalue weighted by Gasteiger charge is 2.30. The molecule has 2 aromatic carbocycles. The maximum atomic E-state index is 13.7. The van der Waals surface area contributed by atoms with Crippen LogP contribution in [0.2, 0.25) is 0 Å². The van der Waals surface area contributed by atoms with Crippen LogP contribution in [0.3, 0.4) is 0 Å². The van der Waals surface area contributed by atoms with Crippen LogP contribution in [0.25, 0.3) is 21.9 Å². The molecule has 0 saturated carbocycles. The number of carboxylic acid groups (broad SMARTS) is 1. The Morgan fingerprint density at radius 3 is 2.18 bits per heavy atom. The van der Waals surface area contributed by atoms with Gasteiger partial charge in [-0.3, -0.25) is 9.69 Å². The minimum Gasteiger partial charge on any atom is -0.465 e. The molecule has 0 aliphatic rings. The van der Waals surface area contributed by atoms with E-state index in [9.17, 15) is 23.1 Å². The van der Waals surface area contributed by atoms with Crippen molar-refractivity contribution in [3.05, 3.63) is 64.6 Å². The Bertz CT molecular complexity index is 1380. The lowest BCUT2D eigenvalue weighted by Gasteiger charge is -2.35. The second kappa shape index (κ2) is 9.25. The summed E-state index contributed by atoms with van der Waals surface area (Å²) in [5.74, 6) is 0.126. The number of hydrogen-bond donors (Lipinski definition) is 1. The summed E-state index contributed by atoms with van der Waals surface area (Å²) in [6.45, 7) is 9.77. The van der Waals surface area contributed by atoms with Crippen molar-refractivity contribution in [3.8, 4) is 11.1 Å². The zero-order chi connectivity index (χ0) is 25.4. The molecule has 3 rings (SSSR count). The van der Waals surface area contributed by atoms with E-state index in [1.165, 1.54) is 17.0 Å². The number of nitrogens with zero attached hydrogens (tertiary/aromatic N) is 2. The van der Waals surface area contributed by atoms with E-state index in [1.807, 2.05) is 44.2 Å². The Hall–Kier alpha value is -3.13. The summed E-state index contributed by atoms with van der Waals surface area (Å²) in [6.07, 6.45) is 0.0308. The highest BCUT2D eigenvalue weighted by Crippen LogP contribution is 2.34. The molecule has 0 aliphatic carbocycles. The van der Waals surface area contributed by atoms with Crippen LogP contribution in [0, 0.1) is 5.92 Å². The van der Waals surface area contributed by atoms with Gasteiger partial charge in [-0.15, -0.1) is 0 Å². The maximum Gasteiger partial charge on any atom is 0.408 e. The van der Waals surface area contributed by atoms with Crippen LogP contribution < -0.4 is 5.56 Å². The molecule has 1 N–H and O–H groups in total. The van der Waals surface area contributed by atoms with E-state index in [0.29, 0.717) is 28.6 Å². The van der Waals surface area contributed by atoms with Crippen LogP contribution >= 0.6 is 0 Å². The SMILES string of the molecule is CC(C)Cn1c(CN(C(=O)O)C(C)(C)C)c(-c2ccccc2)c2cc(S(C)(=O)=O)ccc2c1=O. The van der Waals surface area contributed by atoms with Gasteiger partial charge in [0, 0.05) is 35.0 Å². The number of aromatic nitrogens is 1. The molecule has 0 fully saturated rings. The normalized spacial score (nSPS) is 12.3. The van der Waals surface area contributed by atoms with Gasteiger partial charge in [0.25, 0.3) is 5.56 Å². The summed E-state index contributed by atoms with van der Waals surface area (Å²) in [5.41, 5.74) is 1.00. The number of sulfone groups is 1. The van der Waals surface area contributed by atoms with Gasteiger partial charge in [0.1, 0.15) is 0 Å². The minimum atomic E-state index is -3.52. The standard InChI is InChI=1S/C26H32N2O5S/c1-17(2)15-27-22(16-28(25(30)31)26(3,4)5)23(18-10-8-7-9-11-18)21-14-19(34(6,32)33)12-13-20(21)24(27)29/h7-14,17H,15-16H2,1-6H3,(H,30,31). The summed E-state index contributed by atoms with van der Waals surface area (Å²) in [6, 6.07) is 13.9. The van der Waals surface area contributed by atoms with E-state index in [4.69, 9.17) is 0 Å². The predicted octanol–water partition coefficient (Wildman–Crippen LogP) is 5.01. The van der Waals surface area contributed by atoms with Gasteiger partial charge in [-0.05, 0) is 55.8 Å². The van der Waals surface area contributed by atoms with Crippen molar-refractivity contribution in [2.45, 2.75) is 58.1 Å². The number of pyridine rings is 1. The number of rotatable bonds is 6. The van der Waals surface area contributed by atoms with E-state index >= 15 is 0 Å². The molecule has 0 spiro atoms. The Balaban J connectivity index is 2.54. The Kier molecular flexibility index (Phi) is 6.94. The third-order valence-corrected chi connectivity index (χ3v) is 6.85. The van der Waals surface area contributed by atoms with E-state index in [0.717, 1.165) is 11.8 Å². The molecule has 0 bridgehead atoms. The largest absolute Gasteiger partial charge is 0.465 e.